The summed E-state index contributed by atoms with van der Waals surface area (Å²) in [6.07, 6.45) is 1.36. The van der Waals surface area contributed by atoms with Gasteiger partial charge in [0.25, 0.3) is 0 Å². The van der Waals surface area contributed by atoms with Crippen LogP contribution < -0.4 is 0 Å². The van der Waals surface area contributed by atoms with Gasteiger partial charge in [-0.15, -0.1) is 0 Å². The van der Waals surface area contributed by atoms with E-state index in [9.17, 15) is 14.0 Å². The number of pyridine rings is 1. The molecule has 0 aliphatic rings. The highest BCUT2D eigenvalue weighted by molar-refractivity contribution is 14.1. The van der Waals surface area contributed by atoms with E-state index in [1.54, 1.807) is 20.8 Å². The maximum atomic E-state index is 13.9. The molecule has 0 bridgehead atoms. The van der Waals surface area contributed by atoms with Crippen molar-refractivity contribution in [3.63, 3.8) is 0 Å². The number of nitrogens with zero attached hydrogens (tertiary/aromatic N) is 1. The summed E-state index contributed by atoms with van der Waals surface area (Å²) in [5.41, 5.74) is -1.10. The average Bonchev–Trinajstić information content (AvgIpc) is 2.29. The first-order valence-corrected chi connectivity index (χ1v) is 6.85. The fraction of sp³-hybridized carbons (Fsp3) is 0.462. The Bertz CT molecular complexity index is 528. The molecule has 20 heavy (non-hydrogen) atoms. The number of hydrogen-bond acceptors (Lipinski definition) is 5. The average molecular weight is 395 g/mol. The molecule has 0 fully saturated rings. The first-order chi connectivity index (χ1) is 9.15. The van der Waals surface area contributed by atoms with E-state index in [-0.39, 0.29) is 5.69 Å². The quantitative estimate of drug-likeness (QED) is 0.447. The molecule has 1 heterocycles. The van der Waals surface area contributed by atoms with E-state index in [4.69, 9.17) is 4.74 Å². The topological polar surface area (TPSA) is 65.5 Å². The molecule has 1 unspecified atom stereocenters. The third-order valence-electron chi connectivity index (χ3n) is 2.19. The van der Waals surface area contributed by atoms with Crippen molar-refractivity contribution in [2.45, 2.75) is 32.3 Å². The van der Waals surface area contributed by atoms with Gasteiger partial charge in [0.15, 0.2) is 5.92 Å². The highest BCUT2D eigenvalue weighted by Gasteiger charge is 2.37. The molecule has 0 amide bonds. The standard InChI is InChI=1S/C13H15FINO4/c1-13(2,3)20-12(18)9(11(17)19-4)10-8(14)5-7(15)6-16-10/h5-6,9H,1-4H3. The van der Waals surface area contributed by atoms with Crippen LogP contribution in [0.25, 0.3) is 0 Å². The zero-order valence-electron chi connectivity index (χ0n) is 11.6. The molecule has 0 saturated heterocycles. The zero-order valence-corrected chi connectivity index (χ0v) is 13.7. The summed E-state index contributed by atoms with van der Waals surface area (Å²) < 4.78 is 24.1. The van der Waals surface area contributed by atoms with Crippen LogP contribution in [0.3, 0.4) is 0 Å². The molecular formula is C13H15FINO4. The Morgan fingerprint density at radius 3 is 2.40 bits per heavy atom. The normalized spacial score (nSPS) is 12.7. The van der Waals surface area contributed by atoms with E-state index in [1.165, 1.54) is 12.3 Å². The fourth-order valence-electron chi connectivity index (χ4n) is 1.44. The van der Waals surface area contributed by atoms with Crippen LogP contribution in [0.5, 0.6) is 0 Å². The summed E-state index contributed by atoms with van der Waals surface area (Å²) in [4.78, 5) is 27.6. The summed E-state index contributed by atoms with van der Waals surface area (Å²) in [5, 5.41) is 0. The second-order valence-corrected chi connectivity index (χ2v) is 6.26. The Kier molecular flexibility index (Phi) is 5.43. The Morgan fingerprint density at radius 1 is 1.35 bits per heavy atom. The number of carbonyl (C=O) groups is 2. The van der Waals surface area contributed by atoms with Crippen molar-refractivity contribution in [2.75, 3.05) is 7.11 Å². The Labute approximate surface area is 130 Å². The summed E-state index contributed by atoms with van der Waals surface area (Å²) in [7, 11) is 1.12. The lowest BCUT2D eigenvalue weighted by Crippen LogP contribution is -2.33. The molecular weight excluding hydrogens is 380 g/mol. The van der Waals surface area contributed by atoms with Crippen LogP contribution in [-0.4, -0.2) is 29.6 Å². The van der Waals surface area contributed by atoms with Crippen LogP contribution in [0.1, 0.15) is 32.4 Å². The van der Waals surface area contributed by atoms with E-state index in [0.29, 0.717) is 3.57 Å². The van der Waals surface area contributed by atoms with Gasteiger partial charge in [-0.25, -0.2) is 4.39 Å². The van der Waals surface area contributed by atoms with E-state index < -0.39 is 29.3 Å². The molecule has 1 aromatic heterocycles. The van der Waals surface area contributed by atoms with Gasteiger partial charge in [-0.2, -0.15) is 0 Å². The van der Waals surface area contributed by atoms with Crippen LogP contribution >= 0.6 is 22.6 Å². The van der Waals surface area contributed by atoms with E-state index in [1.807, 2.05) is 22.6 Å². The summed E-state index contributed by atoms with van der Waals surface area (Å²) >= 11 is 1.88. The first-order valence-electron chi connectivity index (χ1n) is 5.77. The predicted molar refractivity (Wildman–Crippen MR) is 77.5 cm³/mol. The second kappa shape index (κ2) is 6.47. The monoisotopic (exact) mass is 395 g/mol. The zero-order chi connectivity index (χ0) is 15.5. The van der Waals surface area contributed by atoms with Crippen molar-refractivity contribution in [3.05, 3.63) is 27.3 Å². The van der Waals surface area contributed by atoms with Gasteiger partial charge in [0, 0.05) is 9.77 Å². The van der Waals surface area contributed by atoms with Gasteiger partial charge < -0.3 is 9.47 Å². The molecule has 0 saturated carbocycles. The molecule has 5 nitrogen and oxygen atoms in total. The number of methoxy groups -OCH3 is 1. The summed E-state index contributed by atoms with van der Waals surface area (Å²) in [6, 6.07) is 1.18. The van der Waals surface area contributed by atoms with Crippen LogP contribution in [0, 0.1) is 9.39 Å². The number of aromatic nitrogens is 1. The van der Waals surface area contributed by atoms with E-state index in [0.717, 1.165) is 7.11 Å². The summed E-state index contributed by atoms with van der Waals surface area (Å²) in [5.74, 6) is -4.08. The summed E-state index contributed by atoms with van der Waals surface area (Å²) in [6.45, 7) is 4.95. The smallest absolute Gasteiger partial charge is 0.327 e. The molecule has 0 aromatic carbocycles. The van der Waals surface area contributed by atoms with Crippen LogP contribution in [0.2, 0.25) is 0 Å². The fourth-order valence-corrected chi connectivity index (χ4v) is 1.85. The van der Waals surface area contributed by atoms with E-state index >= 15 is 0 Å². The number of halogens is 2. The number of esters is 2. The third-order valence-corrected chi connectivity index (χ3v) is 2.78. The molecule has 0 N–H and O–H groups in total. The minimum atomic E-state index is -1.53. The number of carbonyl (C=O) groups excluding carboxylic acids is 2. The molecule has 110 valence electrons. The van der Waals surface area contributed by atoms with Gasteiger partial charge in [-0.05, 0) is 49.4 Å². The molecule has 0 aliphatic heterocycles. The SMILES string of the molecule is COC(=O)C(C(=O)OC(C)(C)C)c1ncc(I)cc1F. The van der Waals surface area contributed by atoms with Crippen molar-refractivity contribution >= 4 is 34.5 Å². The van der Waals surface area contributed by atoms with Crippen molar-refractivity contribution in [3.8, 4) is 0 Å². The molecule has 0 aliphatic carbocycles. The van der Waals surface area contributed by atoms with Crippen LogP contribution in [0.4, 0.5) is 4.39 Å². The van der Waals surface area contributed by atoms with Crippen LogP contribution in [-0.2, 0) is 19.1 Å². The highest BCUT2D eigenvalue weighted by atomic mass is 127. The number of hydrogen-bond donors (Lipinski definition) is 0. The number of ether oxygens (including phenoxy) is 2. The Morgan fingerprint density at radius 2 is 1.95 bits per heavy atom. The lowest BCUT2D eigenvalue weighted by Gasteiger charge is -2.22. The van der Waals surface area contributed by atoms with Gasteiger partial charge in [0.2, 0.25) is 0 Å². The maximum Gasteiger partial charge on any atom is 0.327 e. The van der Waals surface area contributed by atoms with Crippen LogP contribution in [0.15, 0.2) is 12.3 Å². The highest BCUT2D eigenvalue weighted by Crippen LogP contribution is 2.23. The van der Waals surface area contributed by atoms with Crippen molar-refractivity contribution < 1.29 is 23.5 Å². The van der Waals surface area contributed by atoms with E-state index in [2.05, 4.69) is 9.72 Å². The molecule has 1 rings (SSSR count). The number of rotatable bonds is 3. The lowest BCUT2D eigenvalue weighted by atomic mass is 10.0. The molecule has 1 atom stereocenters. The van der Waals surface area contributed by atoms with Gasteiger partial charge in [-0.3, -0.25) is 14.6 Å². The molecule has 7 heteroatoms. The minimum Gasteiger partial charge on any atom is -0.468 e. The largest absolute Gasteiger partial charge is 0.468 e. The third kappa shape index (κ3) is 4.39. The predicted octanol–water partition coefficient (Wildman–Crippen LogP) is 2.42. The Hall–Kier alpha value is -1.25. The van der Waals surface area contributed by atoms with Crippen molar-refractivity contribution in [1.82, 2.24) is 4.98 Å². The van der Waals surface area contributed by atoms with Gasteiger partial charge in [0.1, 0.15) is 17.1 Å². The van der Waals surface area contributed by atoms with Crippen molar-refractivity contribution in [1.29, 1.82) is 0 Å². The van der Waals surface area contributed by atoms with Gasteiger partial charge in [-0.1, -0.05) is 0 Å². The minimum absolute atomic E-state index is 0.300. The Balaban J connectivity index is 3.19. The maximum absolute atomic E-state index is 13.9. The molecule has 0 radical (unpaired) electrons. The van der Waals surface area contributed by atoms with Gasteiger partial charge >= 0.3 is 11.9 Å². The molecule has 1 aromatic rings. The van der Waals surface area contributed by atoms with Crippen molar-refractivity contribution in [2.24, 2.45) is 0 Å². The lowest BCUT2D eigenvalue weighted by molar-refractivity contribution is -0.163. The molecule has 0 spiro atoms. The second-order valence-electron chi connectivity index (χ2n) is 5.01. The van der Waals surface area contributed by atoms with Gasteiger partial charge in [0.05, 0.1) is 7.11 Å². The first kappa shape index (κ1) is 16.8.